The van der Waals surface area contributed by atoms with Gasteiger partial charge in [0, 0.05) is 31.9 Å². The highest BCUT2D eigenvalue weighted by molar-refractivity contribution is 7.21. The number of hydrogen-bond donors (Lipinski definition) is 2. The second kappa shape index (κ2) is 5.67. The third-order valence-electron chi connectivity index (χ3n) is 5.26. The second-order valence-electron chi connectivity index (χ2n) is 7.08. The molecule has 0 saturated heterocycles. The smallest absolute Gasteiger partial charge is 0.229 e. The topological polar surface area (TPSA) is 73.4 Å². The van der Waals surface area contributed by atoms with Crippen molar-refractivity contribution in [2.24, 2.45) is 0 Å². The standard InChI is InChI=1S/C17H20N6OS/c1-22-9-23(8-10-5-14(24)21-15(10)22)12-6-11(7-12)19-17-20-13-3-2-4-18-16(13)25-17/h2-4,11-12H,5-9H2,1H3,(H,19,20)(H,21,24)/t11-,12-. The quantitative estimate of drug-likeness (QED) is 0.870. The first-order chi connectivity index (χ1) is 12.2. The lowest BCUT2D eigenvalue weighted by Crippen LogP contribution is -2.55. The Balaban J connectivity index is 1.20. The van der Waals surface area contributed by atoms with Crippen LogP contribution in [0.5, 0.6) is 0 Å². The molecule has 0 atom stereocenters. The van der Waals surface area contributed by atoms with Gasteiger partial charge in [-0.3, -0.25) is 9.69 Å². The normalized spacial score (nSPS) is 26.6. The van der Waals surface area contributed by atoms with Crippen LogP contribution >= 0.6 is 11.3 Å². The number of carbonyl (C=O) groups is 1. The fraction of sp³-hybridized carbons (Fsp3) is 0.471. The predicted molar refractivity (Wildman–Crippen MR) is 97.0 cm³/mol. The molecule has 7 nitrogen and oxygen atoms in total. The van der Waals surface area contributed by atoms with E-state index in [1.807, 2.05) is 18.3 Å². The van der Waals surface area contributed by atoms with Crippen molar-refractivity contribution in [2.75, 3.05) is 25.6 Å². The Hall–Kier alpha value is -2.19. The zero-order valence-electron chi connectivity index (χ0n) is 14.0. The van der Waals surface area contributed by atoms with E-state index in [0.29, 0.717) is 18.5 Å². The van der Waals surface area contributed by atoms with E-state index in [2.05, 4.69) is 37.4 Å². The van der Waals surface area contributed by atoms with Crippen LogP contribution in [0.1, 0.15) is 19.3 Å². The highest BCUT2D eigenvalue weighted by Gasteiger charge is 2.39. The third kappa shape index (κ3) is 2.65. The highest BCUT2D eigenvalue weighted by Crippen LogP contribution is 2.34. The average molecular weight is 356 g/mol. The molecule has 2 aromatic rings. The predicted octanol–water partition coefficient (Wildman–Crippen LogP) is 1.57. The largest absolute Gasteiger partial charge is 0.359 e. The number of hydrogen-bond acceptors (Lipinski definition) is 7. The molecule has 2 aromatic heterocycles. The molecule has 0 radical (unpaired) electrons. The Labute approximate surface area is 149 Å². The van der Waals surface area contributed by atoms with Crippen molar-refractivity contribution < 1.29 is 4.79 Å². The molecule has 25 heavy (non-hydrogen) atoms. The van der Waals surface area contributed by atoms with Crippen molar-refractivity contribution in [3.8, 4) is 0 Å². The maximum atomic E-state index is 11.6. The molecule has 0 bridgehead atoms. The van der Waals surface area contributed by atoms with Gasteiger partial charge in [-0.05, 0) is 30.5 Å². The maximum Gasteiger partial charge on any atom is 0.229 e. The molecule has 130 valence electrons. The number of amides is 1. The summed E-state index contributed by atoms with van der Waals surface area (Å²) in [5, 5.41) is 7.48. The number of rotatable bonds is 3. The van der Waals surface area contributed by atoms with Crippen molar-refractivity contribution in [2.45, 2.75) is 31.3 Å². The molecule has 2 N–H and O–H groups in total. The first-order valence-corrected chi connectivity index (χ1v) is 9.42. The van der Waals surface area contributed by atoms with Gasteiger partial charge < -0.3 is 15.5 Å². The van der Waals surface area contributed by atoms with Crippen LogP contribution in [0.4, 0.5) is 5.13 Å². The first-order valence-electron chi connectivity index (χ1n) is 8.61. The molecule has 1 saturated carbocycles. The summed E-state index contributed by atoms with van der Waals surface area (Å²) >= 11 is 1.62. The monoisotopic (exact) mass is 356 g/mol. The number of aromatic nitrogens is 2. The van der Waals surface area contributed by atoms with Crippen LogP contribution in [-0.2, 0) is 4.79 Å². The SMILES string of the molecule is CN1CN([C@H]2C[C@H](Nc3nc4cccnc4s3)C2)CC2=C1NC(=O)C2. The van der Waals surface area contributed by atoms with Gasteiger partial charge >= 0.3 is 0 Å². The number of fused-ring (bicyclic) bond motifs is 1. The number of nitrogens with zero attached hydrogens (tertiary/aromatic N) is 4. The fourth-order valence-corrected chi connectivity index (χ4v) is 4.82. The molecule has 8 heteroatoms. The van der Waals surface area contributed by atoms with Gasteiger partial charge in [0.1, 0.15) is 16.2 Å². The number of nitrogens with one attached hydrogen (secondary N) is 2. The lowest BCUT2D eigenvalue weighted by Gasteiger charge is -2.46. The average Bonchev–Trinajstić information content (AvgIpc) is 3.12. The summed E-state index contributed by atoms with van der Waals surface area (Å²) in [7, 11) is 2.05. The van der Waals surface area contributed by atoms with Crippen molar-refractivity contribution >= 4 is 32.7 Å². The van der Waals surface area contributed by atoms with Crippen LogP contribution in [0.2, 0.25) is 0 Å². The minimum atomic E-state index is 0.122. The van der Waals surface area contributed by atoms with Gasteiger partial charge in [0.2, 0.25) is 5.91 Å². The van der Waals surface area contributed by atoms with Crippen LogP contribution in [0.15, 0.2) is 29.7 Å². The zero-order valence-corrected chi connectivity index (χ0v) is 14.8. The van der Waals surface area contributed by atoms with E-state index in [9.17, 15) is 4.79 Å². The summed E-state index contributed by atoms with van der Waals surface area (Å²) in [5.41, 5.74) is 2.19. The minimum Gasteiger partial charge on any atom is -0.359 e. The zero-order chi connectivity index (χ0) is 17.0. The van der Waals surface area contributed by atoms with E-state index in [1.54, 1.807) is 11.3 Å². The van der Waals surface area contributed by atoms with Gasteiger partial charge in [-0.1, -0.05) is 11.3 Å². The second-order valence-corrected chi connectivity index (χ2v) is 8.05. The van der Waals surface area contributed by atoms with Gasteiger partial charge in [0.05, 0.1) is 13.1 Å². The summed E-state index contributed by atoms with van der Waals surface area (Å²) < 4.78 is 0. The van der Waals surface area contributed by atoms with Gasteiger partial charge in [-0.15, -0.1) is 0 Å². The van der Waals surface area contributed by atoms with E-state index in [4.69, 9.17) is 0 Å². The molecule has 2 aliphatic heterocycles. The Bertz CT molecular complexity index is 838. The Morgan fingerprint density at radius 2 is 2.28 bits per heavy atom. The summed E-state index contributed by atoms with van der Waals surface area (Å²) in [6.45, 7) is 1.78. The molecule has 3 aliphatic rings. The summed E-state index contributed by atoms with van der Waals surface area (Å²) in [6, 6.07) is 4.95. The molecule has 0 aromatic carbocycles. The van der Waals surface area contributed by atoms with E-state index in [0.717, 1.165) is 47.4 Å². The molecule has 1 aliphatic carbocycles. The molecule has 0 unspecified atom stereocenters. The Morgan fingerprint density at radius 1 is 1.40 bits per heavy atom. The number of carbonyl (C=O) groups excluding carboxylic acids is 1. The van der Waals surface area contributed by atoms with Crippen LogP contribution in [-0.4, -0.2) is 58.0 Å². The molecular formula is C17H20N6OS. The van der Waals surface area contributed by atoms with Crippen molar-refractivity contribution in [1.29, 1.82) is 0 Å². The van der Waals surface area contributed by atoms with E-state index in [1.165, 1.54) is 5.57 Å². The van der Waals surface area contributed by atoms with E-state index < -0.39 is 0 Å². The molecule has 4 heterocycles. The molecular weight excluding hydrogens is 336 g/mol. The highest BCUT2D eigenvalue weighted by atomic mass is 32.1. The summed E-state index contributed by atoms with van der Waals surface area (Å²) in [4.78, 5) is 26.2. The van der Waals surface area contributed by atoms with Crippen LogP contribution in [0.3, 0.4) is 0 Å². The van der Waals surface area contributed by atoms with E-state index >= 15 is 0 Å². The number of thiazole rings is 1. The van der Waals surface area contributed by atoms with E-state index in [-0.39, 0.29) is 5.91 Å². The van der Waals surface area contributed by atoms with Crippen LogP contribution in [0, 0.1) is 0 Å². The fourth-order valence-electron chi connectivity index (χ4n) is 3.93. The van der Waals surface area contributed by atoms with Crippen LogP contribution in [0.25, 0.3) is 10.3 Å². The maximum absolute atomic E-state index is 11.6. The first kappa shape index (κ1) is 15.1. The molecule has 0 spiro atoms. The third-order valence-corrected chi connectivity index (χ3v) is 6.17. The lowest BCUT2D eigenvalue weighted by molar-refractivity contribution is -0.119. The Morgan fingerprint density at radius 3 is 3.12 bits per heavy atom. The molecule has 1 amide bonds. The summed E-state index contributed by atoms with van der Waals surface area (Å²) in [5.74, 6) is 1.15. The number of anilines is 1. The van der Waals surface area contributed by atoms with Crippen molar-refractivity contribution in [1.82, 2.24) is 25.1 Å². The minimum absolute atomic E-state index is 0.122. The number of pyridine rings is 1. The van der Waals surface area contributed by atoms with Gasteiger partial charge in [0.15, 0.2) is 5.13 Å². The van der Waals surface area contributed by atoms with Gasteiger partial charge in [0.25, 0.3) is 0 Å². The van der Waals surface area contributed by atoms with Gasteiger partial charge in [-0.2, -0.15) is 0 Å². The van der Waals surface area contributed by atoms with Crippen LogP contribution < -0.4 is 10.6 Å². The molecule has 5 rings (SSSR count). The molecule has 1 fully saturated rings. The Kier molecular flexibility index (Phi) is 3.42. The van der Waals surface area contributed by atoms with Crippen molar-refractivity contribution in [3.63, 3.8) is 0 Å². The van der Waals surface area contributed by atoms with Crippen molar-refractivity contribution in [3.05, 3.63) is 29.7 Å². The van der Waals surface area contributed by atoms with Gasteiger partial charge in [-0.25, -0.2) is 9.97 Å². The summed E-state index contributed by atoms with van der Waals surface area (Å²) in [6.07, 6.45) is 4.58. The lowest BCUT2D eigenvalue weighted by atomic mass is 9.85.